The first-order valence-corrected chi connectivity index (χ1v) is 5.35. The fraction of sp³-hybridized carbons (Fsp3) is 0.545. The van der Waals surface area contributed by atoms with Gasteiger partial charge in [-0.15, -0.1) is 0 Å². The first kappa shape index (κ1) is 13.2. The summed E-state index contributed by atoms with van der Waals surface area (Å²) in [4.78, 5) is 20.5. The second kappa shape index (κ2) is 6.03. The van der Waals surface area contributed by atoms with Crippen molar-refractivity contribution in [3.8, 4) is 5.88 Å². The van der Waals surface area contributed by atoms with E-state index in [9.17, 15) is 4.79 Å². The number of carboxylic acid groups (broad SMARTS) is 1. The molecular formula is C11H17N3O3. The van der Waals surface area contributed by atoms with Gasteiger partial charge in [0.2, 0.25) is 5.88 Å². The van der Waals surface area contributed by atoms with Gasteiger partial charge in [0.25, 0.3) is 0 Å². The van der Waals surface area contributed by atoms with Crippen molar-refractivity contribution in [2.24, 2.45) is 5.92 Å². The number of hydrogen-bond donors (Lipinski definition) is 1. The zero-order chi connectivity index (χ0) is 12.8. The van der Waals surface area contributed by atoms with Crippen LogP contribution in [0.3, 0.4) is 0 Å². The van der Waals surface area contributed by atoms with E-state index >= 15 is 0 Å². The topological polar surface area (TPSA) is 75.5 Å². The number of hydrogen-bond acceptors (Lipinski definition) is 5. The van der Waals surface area contributed by atoms with E-state index in [-0.39, 0.29) is 6.54 Å². The maximum Gasteiger partial charge on any atom is 0.323 e. The minimum atomic E-state index is -0.886. The highest BCUT2D eigenvalue weighted by Gasteiger charge is 2.14. The smallest absolute Gasteiger partial charge is 0.323 e. The van der Waals surface area contributed by atoms with Crippen molar-refractivity contribution in [1.82, 2.24) is 9.97 Å². The van der Waals surface area contributed by atoms with Gasteiger partial charge in [0, 0.05) is 12.6 Å². The zero-order valence-corrected chi connectivity index (χ0v) is 10.3. The summed E-state index contributed by atoms with van der Waals surface area (Å²) in [5.41, 5.74) is 0. The Bertz CT molecular complexity index is 382. The van der Waals surface area contributed by atoms with Gasteiger partial charge >= 0.3 is 5.97 Å². The highest BCUT2D eigenvalue weighted by Crippen LogP contribution is 2.16. The minimum absolute atomic E-state index is 0.0850. The number of rotatable bonds is 6. The molecule has 1 rings (SSSR count). The maximum atomic E-state index is 10.8. The third kappa shape index (κ3) is 4.26. The monoisotopic (exact) mass is 239 g/mol. The van der Waals surface area contributed by atoms with Crippen molar-refractivity contribution < 1.29 is 14.6 Å². The Hall–Kier alpha value is -1.85. The Labute approximate surface area is 100 Å². The molecule has 0 atom stereocenters. The van der Waals surface area contributed by atoms with Gasteiger partial charge in [0.15, 0.2) is 0 Å². The first-order chi connectivity index (χ1) is 8.02. The van der Waals surface area contributed by atoms with Crippen molar-refractivity contribution in [3.05, 3.63) is 12.4 Å². The molecule has 0 fully saturated rings. The molecule has 6 nitrogen and oxygen atoms in total. The zero-order valence-electron chi connectivity index (χ0n) is 10.3. The number of aromatic nitrogens is 2. The Morgan fingerprint density at radius 2 is 2.24 bits per heavy atom. The van der Waals surface area contributed by atoms with Gasteiger partial charge in [0.1, 0.15) is 18.7 Å². The molecule has 1 heterocycles. The van der Waals surface area contributed by atoms with Gasteiger partial charge in [-0.2, -0.15) is 0 Å². The number of ether oxygens (including phenoxy) is 1. The van der Waals surface area contributed by atoms with Crippen molar-refractivity contribution >= 4 is 11.8 Å². The van der Waals surface area contributed by atoms with Crippen LogP contribution in [0, 0.1) is 5.92 Å². The molecule has 17 heavy (non-hydrogen) atoms. The fourth-order valence-electron chi connectivity index (χ4n) is 1.46. The van der Waals surface area contributed by atoms with Crippen LogP contribution in [0.1, 0.15) is 13.8 Å². The molecular weight excluding hydrogens is 222 g/mol. The Morgan fingerprint density at radius 3 is 2.76 bits per heavy atom. The quantitative estimate of drug-likeness (QED) is 0.799. The van der Waals surface area contributed by atoms with Crippen LogP contribution in [0.5, 0.6) is 5.88 Å². The van der Waals surface area contributed by atoms with Crippen molar-refractivity contribution in [1.29, 1.82) is 0 Å². The molecule has 0 bridgehead atoms. The van der Waals surface area contributed by atoms with Crippen molar-refractivity contribution in [2.45, 2.75) is 13.8 Å². The summed E-state index contributed by atoms with van der Waals surface area (Å²) in [5, 5.41) is 8.87. The van der Waals surface area contributed by atoms with Crippen LogP contribution in [-0.4, -0.2) is 41.2 Å². The molecule has 94 valence electrons. The molecule has 6 heteroatoms. The summed E-state index contributed by atoms with van der Waals surface area (Å²) >= 11 is 0. The van der Waals surface area contributed by atoms with E-state index in [0.717, 1.165) is 0 Å². The normalized spacial score (nSPS) is 10.4. The summed E-state index contributed by atoms with van der Waals surface area (Å²) in [6.45, 7) is 4.57. The number of aliphatic carboxylic acids is 1. The predicted molar refractivity (Wildman–Crippen MR) is 63.3 cm³/mol. The van der Waals surface area contributed by atoms with E-state index < -0.39 is 5.97 Å². The van der Waals surface area contributed by atoms with E-state index in [4.69, 9.17) is 9.84 Å². The number of methoxy groups -OCH3 is 1. The van der Waals surface area contributed by atoms with Crippen LogP contribution in [0.2, 0.25) is 0 Å². The van der Waals surface area contributed by atoms with Gasteiger partial charge in [0.05, 0.1) is 7.11 Å². The molecule has 0 aliphatic heterocycles. The van der Waals surface area contributed by atoms with Gasteiger partial charge in [-0.1, -0.05) is 13.8 Å². The minimum Gasteiger partial charge on any atom is -0.481 e. The highest BCUT2D eigenvalue weighted by atomic mass is 16.5. The fourth-order valence-corrected chi connectivity index (χ4v) is 1.46. The standard InChI is InChI=1S/C11H17N3O3/c1-8(2)5-14(6-11(15)16)9-4-10(17-3)13-7-12-9/h4,7-8H,5-6H2,1-3H3,(H,15,16). The lowest BCUT2D eigenvalue weighted by Crippen LogP contribution is -2.33. The van der Waals surface area contributed by atoms with Gasteiger partial charge in [-0.05, 0) is 5.92 Å². The number of nitrogens with zero attached hydrogens (tertiary/aromatic N) is 3. The van der Waals surface area contributed by atoms with Gasteiger partial charge in [-0.3, -0.25) is 4.79 Å². The Balaban J connectivity index is 2.90. The average molecular weight is 239 g/mol. The molecule has 0 unspecified atom stereocenters. The van der Waals surface area contributed by atoms with E-state index in [1.807, 2.05) is 13.8 Å². The Morgan fingerprint density at radius 1 is 1.53 bits per heavy atom. The van der Waals surface area contributed by atoms with Gasteiger partial charge < -0.3 is 14.7 Å². The molecule has 0 aliphatic carbocycles. The van der Waals surface area contributed by atoms with Gasteiger partial charge in [-0.25, -0.2) is 9.97 Å². The summed E-state index contributed by atoms with van der Waals surface area (Å²) < 4.78 is 4.99. The third-order valence-corrected chi connectivity index (χ3v) is 2.07. The number of anilines is 1. The van der Waals surface area contributed by atoms with Crippen LogP contribution < -0.4 is 9.64 Å². The van der Waals surface area contributed by atoms with Crippen LogP contribution in [0.25, 0.3) is 0 Å². The maximum absolute atomic E-state index is 10.8. The second-order valence-corrected chi connectivity index (χ2v) is 4.09. The number of carbonyl (C=O) groups is 1. The average Bonchev–Trinajstić information content (AvgIpc) is 2.27. The highest BCUT2D eigenvalue weighted by molar-refractivity contribution is 5.73. The Kier molecular flexibility index (Phi) is 4.68. The summed E-state index contributed by atoms with van der Waals surface area (Å²) in [5.74, 6) is 0.445. The lowest BCUT2D eigenvalue weighted by Gasteiger charge is -2.23. The molecule has 1 N–H and O–H groups in total. The molecule has 0 saturated heterocycles. The van der Waals surface area contributed by atoms with E-state index in [1.165, 1.54) is 13.4 Å². The van der Waals surface area contributed by atoms with Crippen molar-refractivity contribution in [3.63, 3.8) is 0 Å². The summed E-state index contributed by atoms with van der Waals surface area (Å²) in [7, 11) is 1.51. The predicted octanol–water partition coefficient (Wildman–Crippen LogP) is 1.03. The SMILES string of the molecule is COc1cc(N(CC(=O)O)CC(C)C)ncn1. The van der Waals surface area contributed by atoms with E-state index in [2.05, 4.69) is 9.97 Å². The molecule has 0 amide bonds. The molecule has 1 aromatic rings. The van der Waals surface area contributed by atoms with E-state index in [0.29, 0.717) is 24.2 Å². The second-order valence-electron chi connectivity index (χ2n) is 4.09. The van der Waals surface area contributed by atoms with Crippen LogP contribution >= 0.6 is 0 Å². The first-order valence-electron chi connectivity index (χ1n) is 5.35. The molecule has 0 spiro atoms. The van der Waals surface area contributed by atoms with Crippen LogP contribution in [-0.2, 0) is 4.79 Å². The van der Waals surface area contributed by atoms with E-state index in [1.54, 1.807) is 11.0 Å². The molecule has 0 radical (unpaired) electrons. The third-order valence-electron chi connectivity index (χ3n) is 2.07. The molecule has 0 aromatic carbocycles. The lowest BCUT2D eigenvalue weighted by molar-refractivity contribution is -0.135. The van der Waals surface area contributed by atoms with Crippen LogP contribution in [0.15, 0.2) is 12.4 Å². The largest absolute Gasteiger partial charge is 0.481 e. The summed E-state index contributed by atoms with van der Waals surface area (Å²) in [6.07, 6.45) is 1.36. The summed E-state index contributed by atoms with van der Waals surface area (Å²) in [6, 6.07) is 1.63. The molecule has 1 aromatic heterocycles. The van der Waals surface area contributed by atoms with Crippen molar-refractivity contribution in [2.75, 3.05) is 25.1 Å². The molecule has 0 aliphatic rings. The lowest BCUT2D eigenvalue weighted by atomic mass is 10.2. The van der Waals surface area contributed by atoms with Crippen LogP contribution in [0.4, 0.5) is 5.82 Å². The number of carboxylic acids is 1. The molecule has 0 saturated carbocycles.